The van der Waals surface area contributed by atoms with Crippen molar-refractivity contribution in [3.63, 3.8) is 0 Å². The molecule has 1 amide bonds. The second kappa shape index (κ2) is 5.52. The molecule has 0 saturated carbocycles. The van der Waals surface area contributed by atoms with Crippen molar-refractivity contribution >= 4 is 22.9 Å². The van der Waals surface area contributed by atoms with Gasteiger partial charge in [0.05, 0.1) is 22.8 Å². The molecule has 0 bridgehead atoms. The Morgan fingerprint density at radius 1 is 1.38 bits per heavy atom. The van der Waals surface area contributed by atoms with E-state index in [1.165, 1.54) is 16.2 Å². The molecule has 0 radical (unpaired) electrons. The van der Waals surface area contributed by atoms with E-state index in [2.05, 4.69) is 4.98 Å². The zero-order chi connectivity index (χ0) is 15.0. The van der Waals surface area contributed by atoms with E-state index < -0.39 is 11.6 Å². The largest absolute Gasteiger partial charge is 0.309 e. The van der Waals surface area contributed by atoms with Crippen molar-refractivity contribution < 1.29 is 13.6 Å². The minimum absolute atomic E-state index is 0.0956. The fraction of sp³-hybridized carbons (Fsp3) is 0.333. The number of amides is 1. The number of hydrogen-bond acceptors (Lipinski definition) is 3. The van der Waals surface area contributed by atoms with E-state index in [-0.39, 0.29) is 18.0 Å². The fourth-order valence-corrected chi connectivity index (χ4v) is 3.24. The van der Waals surface area contributed by atoms with Crippen LogP contribution < -0.4 is 4.90 Å². The van der Waals surface area contributed by atoms with E-state index >= 15 is 0 Å². The zero-order valence-corrected chi connectivity index (χ0v) is 12.3. The first kappa shape index (κ1) is 14.1. The van der Waals surface area contributed by atoms with Gasteiger partial charge in [-0.1, -0.05) is 0 Å². The summed E-state index contributed by atoms with van der Waals surface area (Å²) in [7, 11) is 0. The van der Waals surface area contributed by atoms with Gasteiger partial charge < -0.3 is 4.90 Å². The second-order valence-electron chi connectivity index (χ2n) is 5.04. The van der Waals surface area contributed by atoms with Crippen LogP contribution in [0.25, 0.3) is 0 Å². The summed E-state index contributed by atoms with van der Waals surface area (Å²) in [4.78, 5) is 18.0. The molecule has 1 aromatic heterocycles. The third kappa shape index (κ3) is 2.68. The van der Waals surface area contributed by atoms with E-state index in [0.29, 0.717) is 30.6 Å². The van der Waals surface area contributed by atoms with Crippen molar-refractivity contribution in [1.82, 2.24) is 4.98 Å². The Morgan fingerprint density at radius 2 is 2.14 bits per heavy atom. The molecule has 2 aromatic rings. The topological polar surface area (TPSA) is 33.2 Å². The van der Waals surface area contributed by atoms with Crippen molar-refractivity contribution in [1.29, 1.82) is 0 Å². The van der Waals surface area contributed by atoms with Crippen LogP contribution in [0.2, 0.25) is 0 Å². The molecule has 110 valence electrons. The van der Waals surface area contributed by atoms with Gasteiger partial charge in [-0.3, -0.25) is 4.79 Å². The van der Waals surface area contributed by atoms with Gasteiger partial charge >= 0.3 is 0 Å². The van der Waals surface area contributed by atoms with E-state index in [1.54, 1.807) is 0 Å². The molecular formula is C15H14F2N2OS. The molecule has 1 aliphatic heterocycles. The van der Waals surface area contributed by atoms with Crippen LogP contribution >= 0.6 is 11.3 Å². The number of benzene rings is 1. The van der Waals surface area contributed by atoms with Crippen LogP contribution in [0.5, 0.6) is 0 Å². The van der Waals surface area contributed by atoms with Gasteiger partial charge in [0.15, 0.2) is 0 Å². The fourth-order valence-electron chi connectivity index (χ4n) is 2.63. The van der Waals surface area contributed by atoms with Crippen LogP contribution in [-0.4, -0.2) is 17.4 Å². The lowest BCUT2D eigenvalue weighted by molar-refractivity contribution is -0.118. The molecule has 3 rings (SSSR count). The van der Waals surface area contributed by atoms with Gasteiger partial charge in [0.25, 0.3) is 0 Å². The predicted octanol–water partition coefficient (Wildman–Crippen LogP) is 3.25. The molecule has 0 unspecified atom stereocenters. The summed E-state index contributed by atoms with van der Waals surface area (Å²) in [5.74, 6) is -1.24. The maximum absolute atomic E-state index is 14.0. The number of anilines is 1. The van der Waals surface area contributed by atoms with Gasteiger partial charge in [-0.05, 0) is 31.9 Å². The SMILES string of the molecule is Cc1nc(CC(=O)N2CCCc3c(F)ccc(F)c32)cs1. The number of rotatable bonds is 2. The summed E-state index contributed by atoms with van der Waals surface area (Å²) in [5.41, 5.74) is 1.06. The number of thiazole rings is 1. The Balaban J connectivity index is 1.91. The highest BCUT2D eigenvalue weighted by Crippen LogP contribution is 2.32. The molecule has 2 heterocycles. The third-order valence-corrected chi connectivity index (χ3v) is 4.38. The lowest BCUT2D eigenvalue weighted by Gasteiger charge is -2.30. The van der Waals surface area contributed by atoms with Gasteiger partial charge in [0.2, 0.25) is 5.91 Å². The molecule has 1 aromatic carbocycles. The van der Waals surface area contributed by atoms with E-state index in [4.69, 9.17) is 0 Å². The number of nitrogens with zero attached hydrogens (tertiary/aromatic N) is 2. The molecule has 3 nitrogen and oxygen atoms in total. The summed E-state index contributed by atoms with van der Waals surface area (Å²) in [6.45, 7) is 2.28. The Hall–Kier alpha value is -1.82. The minimum atomic E-state index is -0.547. The maximum atomic E-state index is 14.0. The average molecular weight is 308 g/mol. The first-order valence-electron chi connectivity index (χ1n) is 6.74. The zero-order valence-electron chi connectivity index (χ0n) is 11.5. The molecule has 0 saturated heterocycles. The Labute approximate surface area is 125 Å². The van der Waals surface area contributed by atoms with Crippen molar-refractivity contribution in [3.8, 4) is 0 Å². The number of hydrogen-bond donors (Lipinski definition) is 0. The van der Waals surface area contributed by atoms with Gasteiger partial charge in [-0.2, -0.15) is 0 Å². The predicted molar refractivity (Wildman–Crippen MR) is 77.6 cm³/mol. The van der Waals surface area contributed by atoms with Crippen LogP contribution in [0, 0.1) is 18.6 Å². The monoisotopic (exact) mass is 308 g/mol. The van der Waals surface area contributed by atoms with E-state index in [1.807, 2.05) is 12.3 Å². The van der Waals surface area contributed by atoms with Crippen LogP contribution in [0.1, 0.15) is 22.7 Å². The number of carbonyl (C=O) groups excluding carboxylic acids is 1. The molecule has 21 heavy (non-hydrogen) atoms. The van der Waals surface area contributed by atoms with Crippen molar-refractivity contribution in [3.05, 3.63) is 45.4 Å². The number of aryl methyl sites for hydroxylation is 1. The number of aromatic nitrogens is 1. The van der Waals surface area contributed by atoms with Crippen molar-refractivity contribution in [2.75, 3.05) is 11.4 Å². The Bertz CT molecular complexity index is 699. The Kier molecular flexibility index (Phi) is 3.71. The molecule has 0 N–H and O–H groups in total. The highest BCUT2D eigenvalue weighted by Gasteiger charge is 2.28. The highest BCUT2D eigenvalue weighted by molar-refractivity contribution is 7.09. The third-order valence-electron chi connectivity index (χ3n) is 3.55. The number of fused-ring (bicyclic) bond motifs is 1. The van der Waals surface area contributed by atoms with Gasteiger partial charge in [0.1, 0.15) is 11.6 Å². The summed E-state index contributed by atoms with van der Waals surface area (Å²) in [6.07, 6.45) is 1.20. The molecular weight excluding hydrogens is 294 g/mol. The normalized spacial score (nSPS) is 14.1. The van der Waals surface area contributed by atoms with Gasteiger partial charge in [-0.25, -0.2) is 13.8 Å². The van der Waals surface area contributed by atoms with E-state index in [0.717, 1.165) is 17.1 Å². The van der Waals surface area contributed by atoms with Crippen LogP contribution in [-0.2, 0) is 17.6 Å². The van der Waals surface area contributed by atoms with Crippen LogP contribution in [0.3, 0.4) is 0 Å². The summed E-state index contributed by atoms with van der Waals surface area (Å²) in [6, 6.07) is 2.19. The van der Waals surface area contributed by atoms with Crippen LogP contribution in [0.15, 0.2) is 17.5 Å². The molecule has 6 heteroatoms. The first-order valence-corrected chi connectivity index (χ1v) is 7.62. The summed E-state index contributed by atoms with van der Waals surface area (Å²) >= 11 is 1.47. The van der Waals surface area contributed by atoms with Gasteiger partial charge in [0, 0.05) is 17.5 Å². The standard InChI is InChI=1S/C15H14F2N2OS/c1-9-18-10(8-21-9)7-14(20)19-6-2-3-11-12(16)4-5-13(17)15(11)19/h4-5,8H,2-3,6-7H2,1H3. The Morgan fingerprint density at radius 3 is 2.86 bits per heavy atom. The maximum Gasteiger partial charge on any atom is 0.233 e. The summed E-state index contributed by atoms with van der Waals surface area (Å²) in [5, 5.41) is 2.70. The van der Waals surface area contributed by atoms with Crippen LogP contribution in [0.4, 0.5) is 14.5 Å². The van der Waals surface area contributed by atoms with Crippen molar-refractivity contribution in [2.24, 2.45) is 0 Å². The smallest absolute Gasteiger partial charge is 0.233 e. The molecule has 0 atom stereocenters. The molecule has 0 aliphatic carbocycles. The number of halogens is 2. The molecule has 1 aliphatic rings. The second-order valence-corrected chi connectivity index (χ2v) is 6.10. The molecule has 0 fully saturated rings. The molecule has 0 spiro atoms. The van der Waals surface area contributed by atoms with Gasteiger partial charge in [-0.15, -0.1) is 11.3 Å². The van der Waals surface area contributed by atoms with Crippen molar-refractivity contribution in [2.45, 2.75) is 26.2 Å². The lowest BCUT2D eigenvalue weighted by Crippen LogP contribution is -2.37. The van der Waals surface area contributed by atoms with E-state index in [9.17, 15) is 13.6 Å². The summed E-state index contributed by atoms with van der Waals surface area (Å²) < 4.78 is 27.8. The lowest BCUT2D eigenvalue weighted by atomic mass is 10.00. The quantitative estimate of drug-likeness (QED) is 0.853. The highest BCUT2D eigenvalue weighted by atomic mass is 32.1. The average Bonchev–Trinajstić information content (AvgIpc) is 2.87. The number of carbonyl (C=O) groups is 1. The minimum Gasteiger partial charge on any atom is -0.309 e. The first-order chi connectivity index (χ1) is 10.1.